The van der Waals surface area contributed by atoms with Crippen molar-refractivity contribution >= 4 is 11.3 Å². The Labute approximate surface area is 102 Å². The van der Waals surface area contributed by atoms with Crippen molar-refractivity contribution in [2.75, 3.05) is 6.54 Å². The van der Waals surface area contributed by atoms with Crippen molar-refractivity contribution in [3.63, 3.8) is 0 Å². The van der Waals surface area contributed by atoms with Crippen molar-refractivity contribution < 1.29 is 8.78 Å². The van der Waals surface area contributed by atoms with Crippen molar-refractivity contribution in [2.24, 2.45) is 5.73 Å². The van der Waals surface area contributed by atoms with E-state index in [0.717, 1.165) is 23.2 Å². The molecule has 0 saturated heterocycles. The van der Waals surface area contributed by atoms with E-state index in [2.05, 4.69) is 4.98 Å². The molecule has 90 valence electrons. The maximum Gasteiger partial charge on any atom is 0.132 e. The number of rotatable bonds is 3. The maximum atomic E-state index is 13.5. The second-order valence-corrected chi connectivity index (χ2v) is 4.72. The molecule has 2 nitrogen and oxygen atoms in total. The summed E-state index contributed by atoms with van der Waals surface area (Å²) >= 11 is 1.41. The normalized spacial score (nSPS) is 12.7. The van der Waals surface area contributed by atoms with Crippen molar-refractivity contribution in [3.8, 4) is 11.3 Å². The van der Waals surface area contributed by atoms with Gasteiger partial charge in [-0.1, -0.05) is 6.92 Å². The van der Waals surface area contributed by atoms with Gasteiger partial charge in [0, 0.05) is 23.4 Å². The lowest BCUT2D eigenvalue weighted by Gasteiger charge is -2.02. The van der Waals surface area contributed by atoms with E-state index in [0.29, 0.717) is 12.2 Å². The van der Waals surface area contributed by atoms with Gasteiger partial charge in [-0.2, -0.15) is 0 Å². The van der Waals surface area contributed by atoms with Gasteiger partial charge in [0.1, 0.15) is 11.6 Å². The number of thiazole rings is 1. The van der Waals surface area contributed by atoms with E-state index >= 15 is 0 Å². The zero-order valence-corrected chi connectivity index (χ0v) is 10.1. The molecule has 2 N–H and O–H groups in total. The predicted molar refractivity (Wildman–Crippen MR) is 64.9 cm³/mol. The summed E-state index contributed by atoms with van der Waals surface area (Å²) in [7, 11) is 0. The average Bonchev–Trinajstić information content (AvgIpc) is 2.80. The molecule has 0 aliphatic rings. The van der Waals surface area contributed by atoms with Crippen molar-refractivity contribution in [3.05, 3.63) is 40.2 Å². The third kappa shape index (κ3) is 2.50. The first-order valence-electron chi connectivity index (χ1n) is 5.22. The standard InChI is InChI=1S/C12H12F2N2S/c1-7(5-15)12-16-11(6-17-12)9-4-8(13)2-3-10(9)14/h2-4,6-7H,5,15H2,1H3. The van der Waals surface area contributed by atoms with Gasteiger partial charge in [-0.25, -0.2) is 13.8 Å². The zero-order chi connectivity index (χ0) is 12.4. The van der Waals surface area contributed by atoms with E-state index in [-0.39, 0.29) is 11.5 Å². The third-order valence-corrected chi connectivity index (χ3v) is 3.58. The smallest absolute Gasteiger partial charge is 0.132 e. The van der Waals surface area contributed by atoms with Gasteiger partial charge in [-0.15, -0.1) is 11.3 Å². The van der Waals surface area contributed by atoms with E-state index in [4.69, 9.17) is 5.73 Å². The highest BCUT2D eigenvalue weighted by atomic mass is 32.1. The summed E-state index contributed by atoms with van der Waals surface area (Å²) in [5.74, 6) is -0.808. The van der Waals surface area contributed by atoms with Gasteiger partial charge in [0.15, 0.2) is 0 Å². The molecule has 17 heavy (non-hydrogen) atoms. The molecule has 5 heteroatoms. The van der Waals surface area contributed by atoms with Gasteiger partial charge in [0.2, 0.25) is 0 Å². The van der Waals surface area contributed by atoms with Gasteiger partial charge < -0.3 is 5.73 Å². The van der Waals surface area contributed by atoms with Crippen LogP contribution in [0.3, 0.4) is 0 Å². The Hall–Kier alpha value is -1.33. The fraction of sp³-hybridized carbons (Fsp3) is 0.250. The van der Waals surface area contributed by atoms with Crippen LogP contribution in [0, 0.1) is 11.6 Å². The lowest BCUT2D eigenvalue weighted by atomic mass is 10.1. The number of nitrogens with zero attached hydrogens (tertiary/aromatic N) is 1. The van der Waals surface area contributed by atoms with Crippen LogP contribution in [0.4, 0.5) is 8.78 Å². The number of hydrogen-bond acceptors (Lipinski definition) is 3. The molecular weight excluding hydrogens is 242 g/mol. The van der Waals surface area contributed by atoms with Crippen LogP contribution in [0.25, 0.3) is 11.3 Å². The molecule has 1 unspecified atom stereocenters. The Morgan fingerprint density at radius 2 is 2.18 bits per heavy atom. The van der Waals surface area contributed by atoms with Crippen LogP contribution in [0.5, 0.6) is 0 Å². The molecule has 0 aliphatic heterocycles. The lowest BCUT2D eigenvalue weighted by molar-refractivity contribution is 0.602. The molecule has 0 amide bonds. The van der Waals surface area contributed by atoms with Crippen LogP contribution in [-0.4, -0.2) is 11.5 Å². The Morgan fingerprint density at radius 3 is 2.88 bits per heavy atom. The van der Waals surface area contributed by atoms with Gasteiger partial charge >= 0.3 is 0 Å². The predicted octanol–water partition coefficient (Wildman–Crippen LogP) is 3.15. The van der Waals surface area contributed by atoms with Crippen molar-refractivity contribution in [1.82, 2.24) is 4.98 Å². The fourth-order valence-electron chi connectivity index (χ4n) is 1.43. The first-order valence-corrected chi connectivity index (χ1v) is 6.10. The molecule has 2 aromatic rings. The Kier molecular flexibility index (Phi) is 3.49. The highest BCUT2D eigenvalue weighted by molar-refractivity contribution is 7.10. The zero-order valence-electron chi connectivity index (χ0n) is 9.28. The minimum absolute atomic E-state index is 0.130. The summed E-state index contributed by atoms with van der Waals surface area (Å²) in [5.41, 5.74) is 6.19. The fourth-order valence-corrected chi connectivity index (χ4v) is 2.32. The van der Waals surface area contributed by atoms with Crippen LogP contribution in [0.2, 0.25) is 0 Å². The molecule has 1 atom stereocenters. The number of hydrogen-bond donors (Lipinski definition) is 1. The summed E-state index contributed by atoms with van der Waals surface area (Å²) in [5, 5.41) is 2.56. The molecule has 1 aromatic carbocycles. The van der Waals surface area contributed by atoms with Crippen molar-refractivity contribution in [1.29, 1.82) is 0 Å². The highest BCUT2D eigenvalue weighted by Crippen LogP contribution is 2.28. The lowest BCUT2D eigenvalue weighted by Crippen LogP contribution is -2.08. The Bertz CT molecular complexity index is 525. The molecule has 1 heterocycles. The van der Waals surface area contributed by atoms with E-state index in [1.165, 1.54) is 11.3 Å². The number of benzene rings is 1. The minimum atomic E-state index is -0.470. The third-order valence-electron chi connectivity index (χ3n) is 2.50. The van der Waals surface area contributed by atoms with Crippen molar-refractivity contribution in [2.45, 2.75) is 12.8 Å². The van der Waals surface area contributed by atoms with Gasteiger partial charge in [0.25, 0.3) is 0 Å². The summed E-state index contributed by atoms with van der Waals surface area (Å²) in [6.07, 6.45) is 0. The topological polar surface area (TPSA) is 38.9 Å². The van der Waals surface area contributed by atoms with Gasteiger partial charge in [-0.05, 0) is 18.2 Å². The van der Waals surface area contributed by atoms with E-state index in [9.17, 15) is 8.78 Å². The van der Waals surface area contributed by atoms with Gasteiger partial charge in [0.05, 0.1) is 10.7 Å². The summed E-state index contributed by atoms with van der Waals surface area (Å²) in [4.78, 5) is 4.29. The van der Waals surface area contributed by atoms with E-state index < -0.39 is 11.6 Å². The first-order chi connectivity index (χ1) is 8.11. The highest BCUT2D eigenvalue weighted by Gasteiger charge is 2.13. The SMILES string of the molecule is CC(CN)c1nc(-c2cc(F)ccc2F)cs1. The van der Waals surface area contributed by atoms with Crippen LogP contribution < -0.4 is 5.73 Å². The second kappa shape index (κ2) is 4.89. The minimum Gasteiger partial charge on any atom is -0.330 e. The maximum absolute atomic E-state index is 13.5. The van der Waals surface area contributed by atoms with Crippen LogP contribution in [0.15, 0.2) is 23.6 Å². The molecule has 0 radical (unpaired) electrons. The molecule has 0 spiro atoms. The first kappa shape index (κ1) is 12.1. The summed E-state index contributed by atoms with van der Waals surface area (Å²) < 4.78 is 26.6. The van der Waals surface area contributed by atoms with Crippen LogP contribution in [0.1, 0.15) is 17.8 Å². The number of halogens is 2. The number of nitrogens with two attached hydrogens (primary N) is 1. The monoisotopic (exact) mass is 254 g/mol. The van der Waals surface area contributed by atoms with Gasteiger partial charge in [-0.3, -0.25) is 0 Å². The molecule has 0 aliphatic carbocycles. The largest absolute Gasteiger partial charge is 0.330 e. The molecule has 0 bridgehead atoms. The van der Waals surface area contributed by atoms with Crippen LogP contribution in [-0.2, 0) is 0 Å². The second-order valence-electron chi connectivity index (χ2n) is 3.83. The van der Waals surface area contributed by atoms with E-state index in [1.807, 2.05) is 6.92 Å². The molecule has 1 aromatic heterocycles. The quantitative estimate of drug-likeness (QED) is 0.913. The van der Waals surface area contributed by atoms with E-state index in [1.54, 1.807) is 5.38 Å². The number of aromatic nitrogens is 1. The molecule has 2 rings (SSSR count). The molecular formula is C12H12F2N2S. The molecule has 0 fully saturated rings. The van der Waals surface area contributed by atoms with Crippen LogP contribution >= 0.6 is 11.3 Å². The summed E-state index contributed by atoms with van der Waals surface area (Å²) in [6.45, 7) is 2.43. The Balaban J connectivity index is 2.40. The average molecular weight is 254 g/mol. The molecule has 0 saturated carbocycles. The Morgan fingerprint density at radius 1 is 1.41 bits per heavy atom. The summed E-state index contributed by atoms with van der Waals surface area (Å²) in [6, 6.07) is 3.35.